The number of likely N-dealkylation sites (tertiary alicyclic amines) is 1. The molecule has 2 heterocycles. The third-order valence-corrected chi connectivity index (χ3v) is 6.37. The van der Waals surface area contributed by atoms with Gasteiger partial charge in [0.15, 0.2) is 5.92 Å². The number of nitrogens with zero attached hydrogens (tertiary/aromatic N) is 1. The van der Waals surface area contributed by atoms with Gasteiger partial charge in [-0.15, -0.1) is 0 Å². The van der Waals surface area contributed by atoms with Gasteiger partial charge in [-0.1, -0.05) is 12.1 Å². The van der Waals surface area contributed by atoms with Gasteiger partial charge in [0.1, 0.15) is 5.69 Å². The van der Waals surface area contributed by atoms with Crippen molar-refractivity contribution in [3.8, 4) is 0 Å². The molecule has 0 radical (unpaired) electrons. The van der Waals surface area contributed by atoms with Gasteiger partial charge in [-0.05, 0) is 37.1 Å². The van der Waals surface area contributed by atoms with Crippen LogP contribution in [0, 0.1) is 5.92 Å². The monoisotopic (exact) mass is 449 g/mol. The van der Waals surface area contributed by atoms with Crippen LogP contribution in [0.3, 0.4) is 0 Å². The summed E-state index contributed by atoms with van der Waals surface area (Å²) in [5, 5.41) is 11.9. The molecular weight excluding hydrogens is 428 g/mol. The van der Waals surface area contributed by atoms with Gasteiger partial charge in [0.25, 0.3) is 0 Å². The molecule has 5 nitrogen and oxygen atoms in total. The van der Waals surface area contributed by atoms with Crippen molar-refractivity contribution >= 4 is 16.8 Å². The van der Waals surface area contributed by atoms with Crippen LogP contribution in [0.5, 0.6) is 0 Å². The van der Waals surface area contributed by atoms with Crippen molar-refractivity contribution in [3.63, 3.8) is 0 Å². The van der Waals surface area contributed by atoms with Gasteiger partial charge >= 0.3 is 12.4 Å². The first-order chi connectivity index (χ1) is 14.4. The highest BCUT2D eigenvalue weighted by Gasteiger charge is 2.47. The number of benzene rings is 1. The zero-order valence-electron chi connectivity index (χ0n) is 16.4. The summed E-state index contributed by atoms with van der Waals surface area (Å²) in [5.74, 6) is -4.07. The summed E-state index contributed by atoms with van der Waals surface area (Å²) in [6.45, 7) is -1.16. The summed E-state index contributed by atoms with van der Waals surface area (Å²) in [6, 6.07) is 4.04. The van der Waals surface area contributed by atoms with Gasteiger partial charge in [-0.2, -0.15) is 26.3 Å². The molecule has 1 aromatic heterocycles. The minimum atomic E-state index is -4.87. The summed E-state index contributed by atoms with van der Waals surface area (Å²) >= 11 is 0. The van der Waals surface area contributed by atoms with Gasteiger partial charge in [0.05, 0.1) is 6.61 Å². The molecule has 0 spiro atoms. The molecule has 1 fully saturated rings. The second-order valence-electron chi connectivity index (χ2n) is 8.28. The van der Waals surface area contributed by atoms with Crippen LogP contribution in [0.1, 0.15) is 29.2 Å². The molecule has 0 saturated carbocycles. The lowest BCUT2D eigenvalue weighted by molar-refractivity contribution is -0.189. The maximum absolute atomic E-state index is 13.6. The van der Waals surface area contributed by atoms with Crippen LogP contribution in [-0.4, -0.2) is 59.4 Å². The van der Waals surface area contributed by atoms with Crippen LogP contribution < -0.4 is 5.32 Å². The highest BCUT2D eigenvalue weighted by atomic mass is 19.4. The molecule has 170 valence electrons. The van der Waals surface area contributed by atoms with Crippen molar-refractivity contribution in [2.75, 3.05) is 20.2 Å². The second kappa shape index (κ2) is 7.40. The van der Waals surface area contributed by atoms with Crippen molar-refractivity contribution in [1.82, 2.24) is 15.2 Å². The van der Waals surface area contributed by atoms with Crippen molar-refractivity contribution in [2.45, 2.75) is 43.2 Å². The van der Waals surface area contributed by atoms with E-state index in [1.807, 2.05) is 0 Å². The van der Waals surface area contributed by atoms with Gasteiger partial charge < -0.3 is 20.3 Å². The molecule has 4 rings (SSSR count). The van der Waals surface area contributed by atoms with E-state index >= 15 is 0 Å². The number of aromatic nitrogens is 1. The predicted molar refractivity (Wildman–Crippen MR) is 99.3 cm³/mol. The standard InChI is InChI=1S/C20H21F6N3O2/c1-29-7-9(27-18(31)13(8-30)19(21,22)23)5-11-10-3-2-4-14-16(10)12(6-15(11)29)17(28-14)20(24,25)26/h2-4,9,11,13,15,28,30H,5-8H2,1H3,(H,27,31)/t9?,11?,13?,15-/m1/s1. The Hall–Kier alpha value is -2.27. The highest BCUT2D eigenvalue weighted by molar-refractivity contribution is 5.90. The lowest BCUT2D eigenvalue weighted by atomic mass is 9.73. The lowest BCUT2D eigenvalue weighted by Crippen LogP contribution is -2.56. The molecule has 0 bridgehead atoms. The second-order valence-corrected chi connectivity index (χ2v) is 8.28. The number of alkyl halides is 6. The van der Waals surface area contributed by atoms with Crippen LogP contribution in [0.15, 0.2) is 18.2 Å². The maximum Gasteiger partial charge on any atom is 0.431 e. The Bertz CT molecular complexity index is 999. The summed E-state index contributed by atoms with van der Waals surface area (Å²) in [4.78, 5) is 16.4. The molecule has 31 heavy (non-hydrogen) atoms. The SMILES string of the molecule is CN1CC(NC(=O)C(CO)C(F)(F)F)CC2c3cccc4[nH]c(C(F)(F)F)c(c34)C[C@H]21. The number of likely N-dealkylation sites (N-methyl/N-ethyl adjacent to an activating group) is 1. The summed E-state index contributed by atoms with van der Waals surface area (Å²) in [5.41, 5.74) is 0.486. The van der Waals surface area contributed by atoms with E-state index in [-0.39, 0.29) is 30.5 Å². The molecule has 2 aliphatic rings. The minimum absolute atomic E-state index is 0.148. The largest absolute Gasteiger partial charge is 0.431 e. The Morgan fingerprint density at radius 2 is 2.00 bits per heavy atom. The van der Waals surface area contributed by atoms with Gasteiger partial charge in [0, 0.05) is 35.4 Å². The van der Waals surface area contributed by atoms with E-state index < -0.39 is 42.5 Å². The number of aliphatic hydroxyl groups excluding tert-OH is 1. The van der Waals surface area contributed by atoms with Crippen LogP contribution in [0.4, 0.5) is 26.3 Å². The number of rotatable bonds is 3. The zero-order valence-corrected chi connectivity index (χ0v) is 16.4. The maximum atomic E-state index is 13.6. The molecular formula is C20H21F6N3O2. The molecule has 1 saturated heterocycles. The molecule has 3 unspecified atom stereocenters. The molecule has 1 aromatic carbocycles. The highest BCUT2D eigenvalue weighted by Crippen LogP contribution is 2.47. The van der Waals surface area contributed by atoms with Gasteiger partial charge in [-0.3, -0.25) is 4.79 Å². The fourth-order valence-electron chi connectivity index (χ4n) is 5.01. The number of H-pyrrole nitrogens is 1. The van der Waals surface area contributed by atoms with Crippen LogP contribution >= 0.6 is 0 Å². The third kappa shape index (κ3) is 3.78. The third-order valence-electron chi connectivity index (χ3n) is 6.37. The zero-order chi connectivity index (χ0) is 22.7. The van der Waals surface area contributed by atoms with Gasteiger partial charge in [0.2, 0.25) is 5.91 Å². The molecule has 11 heteroatoms. The Balaban J connectivity index is 1.66. The number of hydrogen-bond donors (Lipinski definition) is 3. The number of amides is 1. The lowest BCUT2D eigenvalue weighted by Gasteiger charge is -2.46. The Kier molecular flexibility index (Phi) is 5.24. The molecule has 1 aliphatic carbocycles. The van der Waals surface area contributed by atoms with Crippen molar-refractivity contribution in [3.05, 3.63) is 35.0 Å². The van der Waals surface area contributed by atoms with E-state index in [1.165, 1.54) is 0 Å². The Morgan fingerprint density at radius 3 is 2.61 bits per heavy atom. The number of piperidine rings is 1. The first kappa shape index (κ1) is 21.9. The fourth-order valence-corrected chi connectivity index (χ4v) is 5.01. The van der Waals surface area contributed by atoms with E-state index in [0.29, 0.717) is 22.9 Å². The number of fused-ring (bicyclic) bond motifs is 2. The Labute approximate surface area is 173 Å². The van der Waals surface area contributed by atoms with Crippen LogP contribution in [0.25, 0.3) is 10.9 Å². The van der Waals surface area contributed by atoms with E-state index in [1.54, 1.807) is 30.1 Å². The van der Waals surface area contributed by atoms with Crippen LogP contribution in [-0.2, 0) is 17.4 Å². The minimum Gasteiger partial charge on any atom is -0.395 e. The van der Waals surface area contributed by atoms with E-state index in [0.717, 1.165) is 0 Å². The number of aliphatic hydroxyl groups is 1. The predicted octanol–water partition coefficient (Wildman–Crippen LogP) is 3.19. The van der Waals surface area contributed by atoms with Crippen LogP contribution in [0.2, 0.25) is 0 Å². The summed E-state index contributed by atoms with van der Waals surface area (Å²) in [7, 11) is 1.69. The number of aromatic amines is 1. The number of hydrogen-bond acceptors (Lipinski definition) is 3. The van der Waals surface area contributed by atoms with E-state index in [4.69, 9.17) is 5.11 Å². The molecule has 2 aromatic rings. The Morgan fingerprint density at radius 1 is 1.29 bits per heavy atom. The first-order valence-electron chi connectivity index (χ1n) is 9.80. The van der Waals surface area contributed by atoms with Gasteiger partial charge in [-0.25, -0.2) is 0 Å². The summed E-state index contributed by atoms with van der Waals surface area (Å²) in [6.07, 6.45) is -8.96. The summed E-state index contributed by atoms with van der Waals surface area (Å²) < 4.78 is 79.6. The molecule has 1 amide bonds. The van der Waals surface area contributed by atoms with E-state index in [9.17, 15) is 31.1 Å². The normalized spacial score (nSPS) is 25.4. The van der Waals surface area contributed by atoms with E-state index in [2.05, 4.69) is 10.3 Å². The number of carbonyl (C=O) groups excluding carboxylic acids is 1. The quantitative estimate of drug-likeness (QED) is 0.631. The molecule has 3 N–H and O–H groups in total. The van der Waals surface area contributed by atoms with Crippen molar-refractivity contribution in [1.29, 1.82) is 0 Å². The fraction of sp³-hybridized carbons (Fsp3) is 0.550. The smallest absolute Gasteiger partial charge is 0.395 e. The first-order valence-corrected chi connectivity index (χ1v) is 9.80. The van der Waals surface area contributed by atoms with Crippen molar-refractivity contribution < 1.29 is 36.2 Å². The van der Waals surface area contributed by atoms with Crippen molar-refractivity contribution in [2.24, 2.45) is 5.92 Å². The average molecular weight is 449 g/mol. The topological polar surface area (TPSA) is 68.4 Å². The number of carbonyl (C=O) groups is 1. The number of nitrogens with one attached hydrogen (secondary N) is 2. The molecule has 4 atom stereocenters. The number of halogens is 6. The molecule has 1 aliphatic heterocycles. The average Bonchev–Trinajstić information content (AvgIpc) is 3.02.